The third-order valence-electron chi connectivity index (χ3n) is 4.67. The molecule has 1 unspecified atom stereocenters. The number of aliphatic hydroxyl groups is 1. The second-order valence-electron chi connectivity index (χ2n) is 6.29. The van der Waals surface area contributed by atoms with Crippen LogP contribution in [0, 0.1) is 17.8 Å². The first-order chi connectivity index (χ1) is 9.78. The Morgan fingerprint density at radius 1 is 1.10 bits per heavy atom. The van der Waals surface area contributed by atoms with Crippen molar-refractivity contribution in [3.05, 3.63) is 29.8 Å². The molecule has 1 aromatic rings. The van der Waals surface area contributed by atoms with E-state index in [-0.39, 0.29) is 0 Å². The van der Waals surface area contributed by atoms with E-state index in [9.17, 15) is 5.11 Å². The molecule has 0 spiro atoms. The average Bonchev–Trinajstić information content (AvgIpc) is 3.37. The van der Waals surface area contributed by atoms with Crippen molar-refractivity contribution in [2.45, 2.75) is 31.8 Å². The molecule has 1 aromatic carbocycles. The molecule has 3 rings (SSSR count). The third-order valence-corrected chi connectivity index (χ3v) is 4.67. The molecule has 0 heterocycles. The first-order valence-electron chi connectivity index (χ1n) is 7.80. The summed E-state index contributed by atoms with van der Waals surface area (Å²) in [6.07, 6.45) is 5.25. The zero-order valence-corrected chi connectivity index (χ0v) is 12.2. The second-order valence-corrected chi connectivity index (χ2v) is 6.29. The molecule has 2 aliphatic carbocycles. The van der Waals surface area contributed by atoms with Gasteiger partial charge in [-0.05, 0) is 67.7 Å². The molecular weight excluding hydrogens is 250 g/mol. The zero-order valence-electron chi connectivity index (χ0n) is 12.2. The fraction of sp³-hybridized carbons (Fsp3) is 0.647. The van der Waals surface area contributed by atoms with Crippen molar-refractivity contribution in [1.82, 2.24) is 5.32 Å². The van der Waals surface area contributed by atoms with Crippen LogP contribution in [0.15, 0.2) is 24.3 Å². The number of rotatable bonds is 8. The van der Waals surface area contributed by atoms with Gasteiger partial charge in [-0.1, -0.05) is 12.1 Å². The van der Waals surface area contributed by atoms with Gasteiger partial charge in [-0.15, -0.1) is 0 Å². The number of benzene rings is 1. The largest absolute Gasteiger partial charge is 0.497 e. The smallest absolute Gasteiger partial charge is 0.118 e. The van der Waals surface area contributed by atoms with Gasteiger partial charge in [-0.3, -0.25) is 0 Å². The third kappa shape index (κ3) is 3.53. The second kappa shape index (κ2) is 6.15. The van der Waals surface area contributed by atoms with E-state index in [2.05, 4.69) is 5.32 Å². The van der Waals surface area contributed by atoms with Crippen LogP contribution in [0.25, 0.3) is 0 Å². The van der Waals surface area contributed by atoms with Gasteiger partial charge in [0.05, 0.1) is 13.2 Å². The summed E-state index contributed by atoms with van der Waals surface area (Å²) in [6, 6.07) is 7.67. The lowest BCUT2D eigenvalue weighted by molar-refractivity contribution is 0.171. The lowest BCUT2D eigenvalue weighted by atomic mass is 9.98. The normalized spacial score (nSPS) is 20.1. The predicted molar refractivity (Wildman–Crippen MR) is 79.8 cm³/mol. The van der Waals surface area contributed by atoms with Gasteiger partial charge in [-0.25, -0.2) is 0 Å². The molecule has 3 heteroatoms. The van der Waals surface area contributed by atoms with Crippen LogP contribution in [-0.4, -0.2) is 25.3 Å². The molecule has 0 saturated heterocycles. The van der Waals surface area contributed by atoms with E-state index in [0.29, 0.717) is 6.54 Å². The molecule has 2 aliphatic rings. The summed E-state index contributed by atoms with van der Waals surface area (Å²) in [6.45, 7) is 1.71. The van der Waals surface area contributed by atoms with Crippen molar-refractivity contribution in [1.29, 1.82) is 0 Å². The number of hydrogen-bond donors (Lipinski definition) is 2. The fourth-order valence-electron chi connectivity index (χ4n) is 3.10. The standard InChI is InChI=1S/C17H25NO2/c1-20-15-8-6-14(7-9-15)17(19)11-18-10-16(12-2-3-12)13-4-5-13/h6-9,12-13,16-19H,2-5,10-11H2,1H3. The van der Waals surface area contributed by atoms with Gasteiger partial charge < -0.3 is 15.2 Å². The lowest BCUT2D eigenvalue weighted by Crippen LogP contribution is -2.29. The van der Waals surface area contributed by atoms with Gasteiger partial charge in [0.2, 0.25) is 0 Å². The highest BCUT2D eigenvalue weighted by Crippen LogP contribution is 2.48. The van der Waals surface area contributed by atoms with E-state index in [1.807, 2.05) is 24.3 Å². The topological polar surface area (TPSA) is 41.5 Å². The average molecular weight is 275 g/mol. The van der Waals surface area contributed by atoms with Crippen LogP contribution in [0.4, 0.5) is 0 Å². The molecular formula is C17H25NO2. The Morgan fingerprint density at radius 2 is 1.70 bits per heavy atom. The van der Waals surface area contributed by atoms with Crippen LogP contribution in [-0.2, 0) is 0 Å². The number of ether oxygens (including phenoxy) is 1. The van der Waals surface area contributed by atoms with Gasteiger partial charge >= 0.3 is 0 Å². The molecule has 0 amide bonds. The number of aliphatic hydroxyl groups excluding tert-OH is 1. The van der Waals surface area contributed by atoms with E-state index >= 15 is 0 Å². The Bertz CT molecular complexity index is 411. The first-order valence-corrected chi connectivity index (χ1v) is 7.80. The summed E-state index contributed by atoms with van der Waals surface area (Å²) in [5, 5.41) is 13.7. The molecule has 0 aliphatic heterocycles. The Labute approximate surface area is 121 Å². The molecule has 0 bridgehead atoms. The lowest BCUT2D eigenvalue weighted by Gasteiger charge is -2.18. The van der Waals surface area contributed by atoms with Crippen molar-refractivity contribution < 1.29 is 9.84 Å². The van der Waals surface area contributed by atoms with E-state index in [1.165, 1.54) is 25.7 Å². The maximum atomic E-state index is 10.2. The minimum Gasteiger partial charge on any atom is -0.497 e. The highest BCUT2D eigenvalue weighted by atomic mass is 16.5. The Balaban J connectivity index is 1.44. The SMILES string of the molecule is COc1ccc(C(O)CNCC(C2CC2)C2CC2)cc1. The van der Waals surface area contributed by atoms with Gasteiger partial charge in [0.15, 0.2) is 0 Å². The van der Waals surface area contributed by atoms with Crippen molar-refractivity contribution in [2.75, 3.05) is 20.2 Å². The Morgan fingerprint density at radius 3 is 2.20 bits per heavy atom. The van der Waals surface area contributed by atoms with Gasteiger partial charge in [0, 0.05) is 6.54 Å². The van der Waals surface area contributed by atoms with Crippen LogP contribution >= 0.6 is 0 Å². The summed E-state index contributed by atoms with van der Waals surface area (Å²) >= 11 is 0. The molecule has 1 atom stereocenters. The minimum absolute atomic E-state index is 0.431. The van der Waals surface area contributed by atoms with Crippen LogP contribution in [0.5, 0.6) is 5.75 Å². The summed E-state index contributed by atoms with van der Waals surface area (Å²) in [5.41, 5.74) is 0.952. The predicted octanol–water partition coefficient (Wildman–Crippen LogP) is 2.75. The number of methoxy groups -OCH3 is 1. The van der Waals surface area contributed by atoms with Crippen molar-refractivity contribution in [3.8, 4) is 5.75 Å². The quantitative estimate of drug-likeness (QED) is 0.766. The zero-order chi connectivity index (χ0) is 13.9. The van der Waals surface area contributed by atoms with Crippen molar-refractivity contribution in [3.63, 3.8) is 0 Å². The summed E-state index contributed by atoms with van der Waals surface area (Å²) in [5.74, 6) is 3.62. The summed E-state index contributed by atoms with van der Waals surface area (Å²) in [7, 11) is 1.66. The molecule has 0 radical (unpaired) electrons. The van der Waals surface area contributed by atoms with Crippen LogP contribution in [0.1, 0.15) is 37.4 Å². The molecule has 2 saturated carbocycles. The minimum atomic E-state index is -0.431. The number of hydrogen-bond acceptors (Lipinski definition) is 3. The monoisotopic (exact) mass is 275 g/mol. The van der Waals surface area contributed by atoms with Crippen LogP contribution in [0.2, 0.25) is 0 Å². The van der Waals surface area contributed by atoms with Crippen molar-refractivity contribution >= 4 is 0 Å². The highest BCUT2D eigenvalue weighted by molar-refractivity contribution is 5.28. The van der Waals surface area contributed by atoms with E-state index in [4.69, 9.17) is 4.74 Å². The summed E-state index contributed by atoms with van der Waals surface area (Å²) < 4.78 is 5.13. The van der Waals surface area contributed by atoms with Crippen molar-refractivity contribution in [2.24, 2.45) is 17.8 Å². The fourth-order valence-corrected chi connectivity index (χ4v) is 3.10. The van der Waals surface area contributed by atoms with Gasteiger partial charge in [-0.2, -0.15) is 0 Å². The van der Waals surface area contributed by atoms with E-state index in [1.54, 1.807) is 7.11 Å². The molecule has 20 heavy (non-hydrogen) atoms. The molecule has 3 nitrogen and oxygen atoms in total. The summed E-state index contributed by atoms with van der Waals surface area (Å²) in [4.78, 5) is 0. The van der Waals surface area contributed by atoms with Crippen LogP contribution < -0.4 is 10.1 Å². The molecule has 110 valence electrons. The highest BCUT2D eigenvalue weighted by Gasteiger charge is 2.40. The molecule has 2 fully saturated rings. The Hall–Kier alpha value is -1.06. The maximum Gasteiger partial charge on any atom is 0.118 e. The molecule has 0 aromatic heterocycles. The van der Waals surface area contributed by atoms with E-state index < -0.39 is 6.10 Å². The Kier molecular flexibility index (Phi) is 4.27. The van der Waals surface area contributed by atoms with E-state index in [0.717, 1.165) is 35.6 Å². The number of nitrogens with one attached hydrogen (secondary N) is 1. The van der Waals surface area contributed by atoms with Crippen LogP contribution in [0.3, 0.4) is 0 Å². The van der Waals surface area contributed by atoms with Gasteiger partial charge in [0.1, 0.15) is 5.75 Å². The molecule has 2 N–H and O–H groups in total. The van der Waals surface area contributed by atoms with Gasteiger partial charge in [0.25, 0.3) is 0 Å². The first kappa shape index (κ1) is 13.9. The maximum absolute atomic E-state index is 10.2.